The predicted octanol–water partition coefficient (Wildman–Crippen LogP) is -0.984. The highest BCUT2D eigenvalue weighted by atomic mass is 16.5. The van der Waals surface area contributed by atoms with E-state index in [0.29, 0.717) is 0 Å². The van der Waals surface area contributed by atoms with E-state index >= 15 is 0 Å². The van der Waals surface area contributed by atoms with Gasteiger partial charge in [-0.05, 0) is 6.92 Å². The summed E-state index contributed by atoms with van der Waals surface area (Å²) in [4.78, 5) is 20.8. The zero-order valence-electron chi connectivity index (χ0n) is 5.84. The lowest BCUT2D eigenvalue weighted by atomic mass is 10.3. The quantitative estimate of drug-likeness (QED) is 0.346. The Bertz CT molecular complexity index is 146. The lowest BCUT2D eigenvalue weighted by molar-refractivity contribution is -0.133. The molecule has 0 radical (unpaired) electrons. The minimum absolute atomic E-state index is 0.309. The standard InChI is InChI=1S/C5H10N2O3/c1-3(5(9)7-10)6-4(2)8/h3,10H,1-2H3,(H,6,8)(H,7,9). The topological polar surface area (TPSA) is 78.4 Å². The molecule has 0 saturated carbocycles. The molecule has 0 aliphatic rings. The molecular weight excluding hydrogens is 136 g/mol. The lowest BCUT2D eigenvalue weighted by Gasteiger charge is -2.08. The fourth-order valence-electron chi connectivity index (χ4n) is 0.467. The molecule has 2 amide bonds. The number of carbonyl (C=O) groups is 2. The summed E-state index contributed by atoms with van der Waals surface area (Å²) in [5, 5.41) is 10.3. The number of hydrogen-bond acceptors (Lipinski definition) is 3. The van der Waals surface area contributed by atoms with Crippen LogP contribution < -0.4 is 10.8 Å². The zero-order valence-corrected chi connectivity index (χ0v) is 5.84. The van der Waals surface area contributed by atoms with E-state index in [-0.39, 0.29) is 5.91 Å². The van der Waals surface area contributed by atoms with Gasteiger partial charge in [0.05, 0.1) is 0 Å². The average molecular weight is 146 g/mol. The van der Waals surface area contributed by atoms with Crippen LogP contribution in [0.2, 0.25) is 0 Å². The molecule has 10 heavy (non-hydrogen) atoms. The SMILES string of the molecule is CC(=O)NC(C)C(=O)NO. The van der Waals surface area contributed by atoms with Gasteiger partial charge >= 0.3 is 0 Å². The third-order valence-corrected chi connectivity index (χ3v) is 0.923. The van der Waals surface area contributed by atoms with Crippen LogP contribution in [0, 0.1) is 0 Å². The molecule has 0 aliphatic heterocycles. The maximum absolute atomic E-state index is 10.5. The van der Waals surface area contributed by atoms with Crippen LogP contribution in [0.4, 0.5) is 0 Å². The Kier molecular flexibility index (Phi) is 3.42. The maximum Gasteiger partial charge on any atom is 0.265 e. The van der Waals surface area contributed by atoms with Gasteiger partial charge in [0.25, 0.3) is 5.91 Å². The summed E-state index contributed by atoms with van der Waals surface area (Å²) in [6, 6.07) is -0.692. The number of hydroxylamine groups is 1. The summed E-state index contributed by atoms with van der Waals surface area (Å²) < 4.78 is 0. The van der Waals surface area contributed by atoms with Gasteiger partial charge in [-0.2, -0.15) is 0 Å². The summed E-state index contributed by atoms with van der Waals surface area (Å²) >= 11 is 0. The molecule has 0 fully saturated rings. The molecule has 0 saturated heterocycles. The smallest absolute Gasteiger partial charge is 0.265 e. The minimum Gasteiger partial charge on any atom is -0.345 e. The van der Waals surface area contributed by atoms with Crippen molar-refractivity contribution in [2.45, 2.75) is 19.9 Å². The summed E-state index contributed by atoms with van der Waals surface area (Å²) in [6.07, 6.45) is 0. The Morgan fingerprint density at radius 1 is 1.50 bits per heavy atom. The highest BCUT2D eigenvalue weighted by molar-refractivity contribution is 5.85. The largest absolute Gasteiger partial charge is 0.345 e. The van der Waals surface area contributed by atoms with Gasteiger partial charge in [-0.1, -0.05) is 0 Å². The highest BCUT2D eigenvalue weighted by Crippen LogP contribution is 1.79. The van der Waals surface area contributed by atoms with Gasteiger partial charge in [-0.3, -0.25) is 14.8 Å². The van der Waals surface area contributed by atoms with E-state index < -0.39 is 11.9 Å². The van der Waals surface area contributed by atoms with Crippen molar-refractivity contribution in [3.8, 4) is 0 Å². The molecule has 1 atom stereocenters. The van der Waals surface area contributed by atoms with Gasteiger partial charge in [0.2, 0.25) is 5.91 Å². The highest BCUT2D eigenvalue weighted by Gasteiger charge is 2.11. The Labute approximate surface area is 58.4 Å². The van der Waals surface area contributed by atoms with Crippen LogP contribution in [0.25, 0.3) is 0 Å². The van der Waals surface area contributed by atoms with Gasteiger partial charge in [-0.15, -0.1) is 0 Å². The molecule has 0 aromatic carbocycles. The van der Waals surface area contributed by atoms with E-state index in [1.807, 2.05) is 0 Å². The van der Waals surface area contributed by atoms with E-state index in [0.717, 1.165) is 0 Å². The van der Waals surface area contributed by atoms with Crippen LogP contribution in [0.15, 0.2) is 0 Å². The Morgan fingerprint density at radius 2 is 2.00 bits per heavy atom. The molecular formula is C5H10N2O3. The average Bonchev–Trinajstić information content (AvgIpc) is 1.85. The first-order valence-corrected chi connectivity index (χ1v) is 2.79. The second-order valence-electron chi connectivity index (χ2n) is 1.90. The van der Waals surface area contributed by atoms with Crippen molar-refractivity contribution in [1.29, 1.82) is 0 Å². The molecule has 0 aliphatic carbocycles. The van der Waals surface area contributed by atoms with Gasteiger partial charge in [0.15, 0.2) is 0 Å². The van der Waals surface area contributed by atoms with Crippen molar-refractivity contribution >= 4 is 11.8 Å². The van der Waals surface area contributed by atoms with Gasteiger partial charge < -0.3 is 5.32 Å². The van der Waals surface area contributed by atoms with E-state index in [9.17, 15) is 9.59 Å². The third-order valence-electron chi connectivity index (χ3n) is 0.923. The molecule has 0 aromatic rings. The van der Waals surface area contributed by atoms with Crippen LogP contribution in [-0.2, 0) is 9.59 Å². The Balaban J connectivity index is 3.72. The first kappa shape index (κ1) is 8.90. The molecule has 0 spiro atoms. The fourth-order valence-corrected chi connectivity index (χ4v) is 0.467. The Hall–Kier alpha value is -1.10. The molecule has 5 heteroatoms. The molecule has 0 bridgehead atoms. The van der Waals surface area contributed by atoms with Crippen molar-refractivity contribution in [2.75, 3.05) is 0 Å². The van der Waals surface area contributed by atoms with Crippen LogP contribution >= 0.6 is 0 Å². The monoisotopic (exact) mass is 146 g/mol. The number of amides is 2. The van der Waals surface area contributed by atoms with Gasteiger partial charge in [0, 0.05) is 6.92 Å². The minimum atomic E-state index is -0.692. The Morgan fingerprint density at radius 3 is 2.30 bits per heavy atom. The molecule has 0 rings (SSSR count). The first-order chi connectivity index (χ1) is 4.57. The van der Waals surface area contributed by atoms with E-state index in [2.05, 4.69) is 5.32 Å². The molecule has 58 valence electrons. The van der Waals surface area contributed by atoms with Crippen LogP contribution in [0.1, 0.15) is 13.8 Å². The molecule has 3 N–H and O–H groups in total. The lowest BCUT2D eigenvalue weighted by Crippen LogP contribution is -2.42. The first-order valence-electron chi connectivity index (χ1n) is 2.79. The van der Waals surface area contributed by atoms with Crippen LogP contribution in [0.5, 0.6) is 0 Å². The molecule has 1 unspecified atom stereocenters. The third kappa shape index (κ3) is 3.03. The predicted molar refractivity (Wildman–Crippen MR) is 33.2 cm³/mol. The summed E-state index contributed by atoms with van der Waals surface area (Å²) in [5.74, 6) is -0.939. The van der Waals surface area contributed by atoms with Crippen LogP contribution in [0.3, 0.4) is 0 Å². The fraction of sp³-hybridized carbons (Fsp3) is 0.600. The summed E-state index contributed by atoms with van der Waals surface area (Å²) in [6.45, 7) is 2.76. The number of carbonyl (C=O) groups excluding carboxylic acids is 2. The van der Waals surface area contributed by atoms with E-state index in [4.69, 9.17) is 5.21 Å². The van der Waals surface area contributed by atoms with Gasteiger partial charge in [0.1, 0.15) is 6.04 Å². The zero-order chi connectivity index (χ0) is 8.15. The summed E-state index contributed by atoms with van der Waals surface area (Å²) in [7, 11) is 0. The maximum atomic E-state index is 10.5. The molecule has 5 nitrogen and oxygen atoms in total. The van der Waals surface area contributed by atoms with Crippen molar-refractivity contribution < 1.29 is 14.8 Å². The van der Waals surface area contributed by atoms with E-state index in [1.54, 1.807) is 0 Å². The normalized spacial score (nSPS) is 11.9. The number of nitrogens with one attached hydrogen (secondary N) is 2. The number of hydrogen-bond donors (Lipinski definition) is 3. The second-order valence-corrected chi connectivity index (χ2v) is 1.90. The van der Waals surface area contributed by atoms with Crippen molar-refractivity contribution in [3.63, 3.8) is 0 Å². The summed E-state index contributed by atoms with van der Waals surface area (Å²) in [5.41, 5.74) is 1.42. The van der Waals surface area contributed by atoms with Crippen molar-refractivity contribution in [2.24, 2.45) is 0 Å². The molecule has 0 aromatic heterocycles. The molecule has 0 heterocycles. The van der Waals surface area contributed by atoms with Crippen molar-refractivity contribution in [3.05, 3.63) is 0 Å². The second kappa shape index (κ2) is 3.84. The van der Waals surface area contributed by atoms with E-state index in [1.165, 1.54) is 19.3 Å². The van der Waals surface area contributed by atoms with Gasteiger partial charge in [-0.25, -0.2) is 5.48 Å². The van der Waals surface area contributed by atoms with Crippen molar-refractivity contribution in [1.82, 2.24) is 10.8 Å². The van der Waals surface area contributed by atoms with Crippen LogP contribution in [-0.4, -0.2) is 23.1 Å². The number of rotatable bonds is 2.